The molecule has 1 aromatic carbocycles. The number of aromatic amines is 1. The van der Waals surface area contributed by atoms with Gasteiger partial charge in [0.2, 0.25) is 0 Å². The van der Waals surface area contributed by atoms with E-state index in [1.807, 2.05) is 0 Å². The van der Waals surface area contributed by atoms with Gasteiger partial charge in [0.25, 0.3) is 5.91 Å². The number of nitrogens with two attached hydrogens (primary N) is 1. The molecule has 0 aliphatic carbocycles. The fourth-order valence-electron chi connectivity index (χ4n) is 1.76. The highest BCUT2D eigenvalue weighted by molar-refractivity contribution is 5.95. The van der Waals surface area contributed by atoms with Crippen LogP contribution in [-0.2, 0) is 6.54 Å². The highest BCUT2D eigenvalue weighted by Crippen LogP contribution is 2.19. The SMILES string of the molecule is COc1cc(N)cc(C(=O)N(C)Cc2ncc[nH]2)c1. The van der Waals surface area contributed by atoms with Gasteiger partial charge < -0.3 is 20.4 Å². The number of hydrogen-bond acceptors (Lipinski definition) is 4. The molecule has 0 saturated carbocycles. The Morgan fingerprint density at radius 3 is 2.89 bits per heavy atom. The summed E-state index contributed by atoms with van der Waals surface area (Å²) in [6.07, 6.45) is 3.37. The van der Waals surface area contributed by atoms with Gasteiger partial charge in [0.15, 0.2) is 0 Å². The summed E-state index contributed by atoms with van der Waals surface area (Å²) in [5.41, 5.74) is 6.73. The summed E-state index contributed by atoms with van der Waals surface area (Å²) < 4.78 is 5.10. The third kappa shape index (κ3) is 3.04. The predicted octanol–water partition coefficient (Wildman–Crippen LogP) is 1.27. The van der Waals surface area contributed by atoms with Gasteiger partial charge in [0, 0.05) is 36.8 Å². The van der Waals surface area contributed by atoms with Gasteiger partial charge in [-0.2, -0.15) is 0 Å². The van der Waals surface area contributed by atoms with Crippen molar-refractivity contribution in [1.29, 1.82) is 0 Å². The van der Waals surface area contributed by atoms with E-state index in [1.54, 1.807) is 42.5 Å². The number of amides is 1. The number of imidazole rings is 1. The van der Waals surface area contributed by atoms with Crippen molar-refractivity contribution >= 4 is 11.6 Å². The zero-order valence-electron chi connectivity index (χ0n) is 10.9. The Hall–Kier alpha value is -2.50. The Morgan fingerprint density at radius 2 is 2.26 bits per heavy atom. The number of benzene rings is 1. The number of rotatable bonds is 4. The van der Waals surface area contributed by atoms with Crippen LogP contribution in [-0.4, -0.2) is 34.9 Å². The fourth-order valence-corrected chi connectivity index (χ4v) is 1.76. The maximum absolute atomic E-state index is 12.3. The summed E-state index contributed by atoms with van der Waals surface area (Å²) in [5, 5.41) is 0. The number of methoxy groups -OCH3 is 1. The van der Waals surface area contributed by atoms with E-state index in [0.717, 1.165) is 5.82 Å². The number of carbonyl (C=O) groups is 1. The third-order valence-corrected chi connectivity index (χ3v) is 2.70. The molecule has 2 rings (SSSR count). The number of ether oxygens (including phenoxy) is 1. The van der Waals surface area contributed by atoms with Crippen LogP contribution in [0.3, 0.4) is 0 Å². The lowest BCUT2D eigenvalue weighted by Gasteiger charge is -2.16. The molecule has 1 aromatic heterocycles. The zero-order valence-corrected chi connectivity index (χ0v) is 10.9. The number of aromatic nitrogens is 2. The molecule has 2 aromatic rings. The second-order valence-corrected chi connectivity index (χ2v) is 4.19. The number of nitrogens with one attached hydrogen (secondary N) is 1. The van der Waals surface area contributed by atoms with Gasteiger partial charge in [0.1, 0.15) is 11.6 Å². The minimum atomic E-state index is -0.137. The summed E-state index contributed by atoms with van der Waals surface area (Å²) in [7, 11) is 3.25. The molecule has 0 unspecified atom stereocenters. The molecule has 0 radical (unpaired) electrons. The van der Waals surface area contributed by atoms with E-state index in [-0.39, 0.29) is 5.91 Å². The highest BCUT2D eigenvalue weighted by Gasteiger charge is 2.14. The van der Waals surface area contributed by atoms with Crippen LogP contribution in [0.2, 0.25) is 0 Å². The lowest BCUT2D eigenvalue weighted by Crippen LogP contribution is -2.26. The normalized spacial score (nSPS) is 10.2. The predicted molar refractivity (Wildman–Crippen MR) is 71.8 cm³/mol. The van der Waals surface area contributed by atoms with Crippen LogP contribution in [0.25, 0.3) is 0 Å². The number of anilines is 1. The fraction of sp³-hybridized carbons (Fsp3) is 0.231. The Labute approximate surface area is 111 Å². The van der Waals surface area contributed by atoms with Crippen molar-refractivity contribution in [1.82, 2.24) is 14.9 Å². The molecular weight excluding hydrogens is 244 g/mol. The Balaban J connectivity index is 2.16. The number of nitrogens with zero attached hydrogens (tertiary/aromatic N) is 2. The summed E-state index contributed by atoms with van der Waals surface area (Å²) in [5.74, 6) is 1.16. The second kappa shape index (κ2) is 5.43. The van der Waals surface area contributed by atoms with Crippen LogP contribution in [0.1, 0.15) is 16.2 Å². The van der Waals surface area contributed by atoms with Gasteiger partial charge in [-0.25, -0.2) is 4.98 Å². The first-order valence-electron chi connectivity index (χ1n) is 5.78. The Kier molecular flexibility index (Phi) is 3.70. The maximum Gasteiger partial charge on any atom is 0.254 e. The van der Waals surface area contributed by atoms with Crippen LogP contribution < -0.4 is 10.5 Å². The molecule has 0 atom stereocenters. The highest BCUT2D eigenvalue weighted by atomic mass is 16.5. The van der Waals surface area contributed by atoms with Gasteiger partial charge in [-0.3, -0.25) is 4.79 Å². The standard InChI is InChI=1S/C13H16N4O2/c1-17(8-12-15-3-4-16-12)13(18)9-5-10(14)7-11(6-9)19-2/h3-7H,8,14H2,1-2H3,(H,15,16). The zero-order chi connectivity index (χ0) is 13.8. The van der Waals surface area contributed by atoms with E-state index in [1.165, 1.54) is 7.11 Å². The summed E-state index contributed by atoms with van der Waals surface area (Å²) in [6.45, 7) is 0.406. The molecule has 6 heteroatoms. The van der Waals surface area contributed by atoms with Crippen LogP contribution >= 0.6 is 0 Å². The van der Waals surface area contributed by atoms with E-state index in [4.69, 9.17) is 10.5 Å². The molecule has 100 valence electrons. The quantitative estimate of drug-likeness (QED) is 0.811. The van der Waals surface area contributed by atoms with Crippen molar-refractivity contribution < 1.29 is 9.53 Å². The van der Waals surface area contributed by atoms with Gasteiger partial charge in [-0.15, -0.1) is 0 Å². The van der Waals surface area contributed by atoms with Crippen molar-refractivity contribution in [2.75, 3.05) is 19.9 Å². The molecular formula is C13H16N4O2. The Bertz CT molecular complexity index is 566. The largest absolute Gasteiger partial charge is 0.497 e. The van der Waals surface area contributed by atoms with Gasteiger partial charge in [-0.1, -0.05) is 0 Å². The molecule has 6 nitrogen and oxygen atoms in total. The first-order valence-corrected chi connectivity index (χ1v) is 5.78. The molecule has 1 amide bonds. The summed E-state index contributed by atoms with van der Waals surface area (Å²) in [6, 6.07) is 4.96. The molecule has 0 aliphatic rings. The summed E-state index contributed by atoms with van der Waals surface area (Å²) in [4.78, 5) is 20.9. The first-order chi connectivity index (χ1) is 9.10. The monoisotopic (exact) mass is 260 g/mol. The molecule has 0 saturated heterocycles. The molecule has 0 fully saturated rings. The smallest absolute Gasteiger partial charge is 0.254 e. The number of carbonyl (C=O) groups excluding carboxylic acids is 1. The van der Waals surface area contributed by atoms with E-state index in [9.17, 15) is 4.79 Å². The molecule has 3 N–H and O–H groups in total. The first kappa shape index (κ1) is 12.9. The molecule has 0 spiro atoms. The average molecular weight is 260 g/mol. The minimum Gasteiger partial charge on any atom is -0.497 e. The topological polar surface area (TPSA) is 84.2 Å². The van der Waals surface area contributed by atoms with Gasteiger partial charge >= 0.3 is 0 Å². The van der Waals surface area contributed by atoms with Crippen LogP contribution in [0.5, 0.6) is 5.75 Å². The molecule has 1 heterocycles. The lowest BCUT2D eigenvalue weighted by atomic mass is 10.1. The molecule has 0 bridgehead atoms. The van der Waals surface area contributed by atoms with Gasteiger partial charge in [0.05, 0.1) is 13.7 Å². The van der Waals surface area contributed by atoms with Crippen LogP contribution in [0.15, 0.2) is 30.6 Å². The minimum absolute atomic E-state index is 0.137. The lowest BCUT2D eigenvalue weighted by molar-refractivity contribution is 0.0781. The van der Waals surface area contributed by atoms with Crippen LogP contribution in [0, 0.1) is 0 Å². The van der Waals surface area contributed by atoms with E-state index in [0.29, 0.717) is 23.5 Å². The second-order valence-electron chi connectivity index (χ2n) is 4.19. The van der Waals surface area contributed by atoms with Crippen LogP contribution in [0.4, 0.5) is 5.69 Å². The van der Waals surface area contributed by atoms with E-state index >= 15 is 0 Å². The van der Waals surface area contributed by atoms with Crippen molar-refractivity contribution in [3.05, 3.63) is 42.0 Å². The number of H-pyrrole nitrogens is 1. The molecule has 19 heavy (non-hydrogen) atoms. The number of nitrogen functional groups attached to an aromatic ring is 1. The van der Waals surface area contributed by atoms with Crippen molar-refractivity contribution in [3.8, 4) is 5.75 Å². The molecule has 0 aliphatic heterocycles. The van der Waals surface area contributed by atoms with E-state index < -0.39 is 0 Å². The average Bonchev–Trinajstić information content (AvgIpc) is 2.89. The van der Waals surface area contributed by atoms with E-state index in [2.05, 4.69) is 9.97 Å². The maximum atomic E-state index is 12.3. The summed E-state index contributed by atoms with van der Waals surface area (Å²) >= 11 is 0. The van der Waals surface area contributed by atoms with Crippen molar-refractivity contribution in [2.24, 2.45) is 0 Å². The third-order valence-electron chi connectivity index (χ3n) is 2.70. The number of hydrogen-bond donors (Lipinski definition) is 2. The van der Waals surface area contributed by atoms with Crippen molar-refractivity contribution in [3.63, 3.8) is 0 Å². The van der Waals surface area contributed by atoms with Gasteiger partial charge in [-0.05, 0) is 12.1 Å². The van der Waals surface area contributed by atoms with Crippen molar-refractivity contribution in [2.45, 2.75) is 6.54 Å². The Morgan fingerprint density at radius 1 is 1.47 bits per heavy atom.